The lowest BCUT2D eigenvalue weighted by atomic mass is 10.2. The van der Waals surface area contributed by atoms with Crippen LogP contribution in [0.2, 0.25) is 0 Å². The van der Waals surface area contributed by atoms with Crippen LogP contribution in [-0.2, 0) is 15.6 Å². The predicted molar refractivity (Wildman–Crippen MR) is 68.5 cm³/mol. The van der Waals surface area contributed by atoms with Crippen molar-refractivity contribution in [3.05, 3.63) is 48.0 Å². The summed E-state index contributed by atoms with van der Waals surface area (Å²) in [6.07, 6.45) is 3.04. The second-order valence-corrected chi connectivity index (χ2v) is 5.91. The molecule has 0 fully saturated rings. The van der Waals surface area contributed by atoms with Crippen molar-refractivity contribution in [1.82, 2.24) is 9.97 Å². The smallest absolute Gasteiger partial charge is 0.186 e. The van der Waals surface area contributed by atoms with Crippen LogP contribution in [0.15, 0.2) is 41.6 Å². The van der Waals surface area contributed by atoms with Crippen LogP contribution in [0.3, 0.4) is 0 Å². The average Bonchev–Trinajstić information content (AvgIpc) is 2.33. The number of anilines is 1. The molecule has 0 amide bonds. The fourth-order valence-corrected chi connectivity index (χ4v) is 3.12. The normalized spacial score (nSPS) is 11.4. The van der Waals surface area contributed by atoms with E-state index in [0.29, 0.717) is 11.3 Å². The quantitative estimate of drug-likeness (QED) is 0.844. The fraction of sp³-hybridized carbons (Fsp3) is 0.167. The summed E-state index contributed by atoms with van der Waals surface area (Å²) < 4.78 is 24.5. The summed E-state index contributed by atoms with van der Waals surface area (Å²) in [7, 11) is -3.47. The predicted octanol–water partition coefficient (Wildman–Crippen LogP) is 1.34. The molecule has 0 saturated heterocycles. The molecule has 1 heterocycles. The number of rotatable bonds is 3. The lowest BCUT2D eigenvalue weighted by molar-refractivity contribution is 0.593. The van der Waals surface area contributed by atoms with Gasteiger partial charge in [0.15, 0.2) is 9.84 Å². The third-order valence-electron chi connectivity index (χ3n) is 2.49. The van der Waals surface area contributed by atoms with Crippen molar-refractivity contribution in [3.63, 3.8) is 0 Å². The van der Waals surface area contributed by atoms with E-state index >= 15 is 0 Å². The average molecular weight is 263 g/mol. The summed E-state index contributed by atoms with van der Waals surface area (Å²) >= 11 is 0. The molecular formula is C12H13N3O2S. The van der Waals surface area contributed by atoms with Gasteiger partial charge in [0.1, 0.15) is 11.6 Å². The maximum Gasteiger partial charge on any atom is 0.186 e. The second kappa shape index (κ2) is 4.73. The SMILES string of the molecule is Cc1ccc(N)cc1S(=O)(=O)Cc1ncccn1. The molecule has 0 spiro atoms. The topological polar surface area (TPSA) is 85.9 Å². The first kappa shape index (κ1) is 12.5. The molecule has 94 valence electrons. The molecule has 0 atom stereocenters. The van der Waals surface area contributed by atoms with E-state index in [1.54, 1.807) is 25.1 Å². The van der Waals surface area contributed by atoms with E-state index in [9.17, 15) is 8.42 Å². The Labute approximate surface area is 106 Å². The summed E-state index contributed by atoms with van der Waals surface area (Å²) in [4.78, 5) is 8.07. The molecular weight excluding hydrogens is 250 g/mol. The van der Waals surface area contributed by atoms with Crippen LogP contribution in [0.1, 0.15) is 11.4 Å². The van der Waals surface area contributed by atoms with Gasteiger partial charge in [-0.3, -0.25) is 0 Å². The molecule has 1 aromatic heterocycles. The van der Waals surface area contributed by atoms with Crippen molar-refractivity contribution in [2.45, 2.75) is 17.6 Å². The first-order valence-electron chi connectivity index (χ1n) is 5.34. The molecule has 5 nitrogen and oxygen atoms in total. The first-order valence-corrected chi connectivity index (χ1v) is 6.99. The summed E-state index contributed by atoms with van der Waals surface area (Å²) in [6.45, 7) is 1.73. The summed E-state index contributed by atoms with van der Waals surface area (Å²) in [5.41, 5.74) is 6.71. The zero-order valence-corrected chi connectivity index (χ0v) is 10.7. The van der Waals surface area contributed by atoms with E-state index < -0.39 is 9.84 Å². The molecule has 0 aliphatic rings. The van der Waals surface area contributed by atoms with Crippen LogP contribution >= 0.6 is 0 Å². The molecule has 1 aromatic carbocycles. The fourth-order valence-electron chi connectivity index (χ4n) is 1.60. The number of hydrogen-bond acceptors (Lipinski definition) is 5. The van der Waals surface area contributed by atoms with E-state index in [1.807, 2.05) is 0 Å². The zero-order valence-electron chi connectivity index (χ0n) is 9.87. The monoisotopic (exact) mass is 263 g/mol. The first-order chi connectivity index (χ1) is 8.49. The number of benzene rings is 1. The Morgan fingerprint density at radius 1 is 1.22 bits per heavy atom. The minimum atomic E-state index is -3.47. The molecule has 2 N–H and O–H groups in total. The molecule has 0 unspecified atom stereocenters. The molecule has 18 heavy (non-hydrogen) atoms. The molecule has 2 aromatic rings. The largest absolute Gasteiger partial charge is 0.399 e. The third kappa shape index (κ3) is 2.65. The number of aromatic nitrogens is 2. The van der Waals surface area contributed by atoms with Crippen molar-refractivity contribution in [2.75, 3.05) is 5.73 Å². The van der Waals surface area contributed by atoms with Crippen LogP contribution in [0.5, 0.6) is 0 Å². The van der Waals surface area contributed by atoms with Gasteiger partial charge in [0.2, 0.25) is 0 Å². The number of nitrogens with two attached hydrogens (primary N) is 1. The highest BCUT2D eigenvalue weighted by Gasteiger charge is 2.19. The van der Waals surface area contributed by atoms with Crippen molar-refractivity contribution >= 4 is 15.5 Å². The number of nitrogens with zero attached hydrogens (tertiary/aromatic N) is 2. The van der Waals surface area contributed by atoms with Gasteiger partial charge < -0.3 is 5.73 Å². The minimum absolute atomic E-state index is 0.224. The van der Waals surface area contributed by atoms with Gasteiger partial charge in [0.05, 0.1) is 4.90 Å². The Kier molecular flexibility index (Phi) is 3.29. The maximum absolute atomic E-state index is 12.2. The van der Waals surface area contributed by atoms with Gasteiger partial charge in [0.25, 0.3) is 0 Å². The van der Waals surface area contributed by atoms with Gasteiger partial charge in [-0.15, -0.1) is 0 Å². The van der Waals surface area contributed by atoms with Gasteiger partial charge in [-0.25, -0.2) is 18.4 Å². The van der Waals surface area contributed by atoms with Gasteiger partial charge in [-0.05, 0) is 30.7 Å². The molecule has 0 aliphatic carbocycles. The van der Waals surface area contributed by atoms with E-state index in [1.165, 1.54) is 18.5 Å². The third-order valence-corrected chi connectivity index (χ3v) is 4.23. The maximum atomic E-state index is 12.2. The van der Waals surface area contributed by atoms with Gasteiger partial charge in [-0.2, -0.15) is 0 Å². The van der Waals surface area contributed by atoms with Crippen molar-refractivity contribution < 1.29 is 8.42 Å². The highest BCUT2D eigenvalue weighted by Crippen LogP contribution is 2.21. The lowest BCUT2D eigenvalue weighted by Gasteiger charge is -2.07. The van der Waals surface area contributed by atoms with Gasteiger partial charge >= 0.3 is 0 Å². The summed E-state index contributed by atoms with van der Waals surface area (Å²) in [5.74, 6) is 0.0531. The number of aryl methyl sites for hydroxylation is 1. The standard InChI is InChI=1S/C12H13N3O2S/c1-9-3-4-10(13)7-11(9)18(16,17)8-12-14-5-2-6-15-12/h2-7H,8,13H2,1H3. The second-order valence-electron chi connectivity index (χ2n) is 3.95. The van der Waals surface area contributed by atoms with Crippen LogP contribution in [-0.4, -0.2) is 18.4 Å². The van der Waals surface area contributed by atoms with E-state index in [4.69, 9.17) is 5.73 Å². The Balaban J connectivity index is 2.40. The molecule has 0 bridgehead atoms. The molecule has 6 heteroatoms. The van der Waals surface area contributed by atoms with Gasteiger partial charge in [0, 0.05) is 18.1 Å². The summed E-state index contributed by atoms with van der Waals surface area (Å²) in [6, 6.07) is 6.47. The van der Waals surface area contributed by atoms with Crippen LogP contribution in [0, 0.1) is 6.92 Å². The molecule has 0 saturated carbocycles. The highest BCUT2D eigenvalue weighted by atomic mass is 32.2. The summed E-state index contributed by atoms with van der Waals surface area (Å²) in [5, 5.41) is 0. The van der Waals surface area contributed by atoms with Crippen LogP contribution in [0.4, 0.5) is 5.69 Å². The van der Waals surface area contributed by atoms with E-state index in [2.05, 4.69) is 9.97 Å². The Morgan fingerprint density at radius 2 is 1.89 bits per heavy atom. The van der Waals surface area contributed by atoms with E-state index in [-0.39, 0.29) is 16.5 Å². The zero-order chi connectivity index (χ0) is 13.2. The molecule has 0 aliphatic heterocycles. The van der Waals surface area contributed by atoms with Crippen molar-refractivity contribution in [2.24, 2.45) is 0 Å². The number of sulfone groups is 1. The van der Waals surface area contributed by atoms with Gasteiger partial charge in [-0.1, -0.05) is 6.07 Å². The Morgan fingerprint density at radius 3 is 2.56 bits per heavy atom. The molecule has 0 radical (unpaired) electrons. The van der Waals surface area contributed by atoms with Crippen LogP contribution < -0.4 is 5.73 Å². The number of hydrogen-bond donors (Lipinski definition) is 1. The van der Waals surface area contributed by atoms with E-state index in [0.717, 1.165) is 0 Å². The molecule has 2 rings (SSSR count). The van der Waals surface area contributed by atoms with Crippen molar-refractivity contribution in [1.29, 1.82) is 0 Å². The van der Waals surface area contributed by atoms with Crippen molar-refractivity contribution in [3.8, 4) is 0 Å². The lowest BCUT2D eigenvalue weighted by Crippen LogP contribution is -2.09. The van der Waals surface area contributed by atoms with Crippen LogP contribution in [0.25, 0.3) is 0 Å². The Hall–Kier alpha value is -1.95. The highest BCUT2D eigenvalue weighted by molar-refractivity contribution is 7.90. The Bertz CT molecular complexity index is 654. The minimum Gasteiger partial charge on any atom is -0.399 e. The number of nitrogen functional groups attached to an aromatic ring is 1.